The number of hydrogen-bond donors (Lipinski definition) is 0. The molecule has 0 radical (unpaired) electrons. The van der Waals surface area contributed by atoms with Crippen molar-refractivity contribution in [2.75, 3.05) is 18.8 Å². The average molecular weight is 337 g/mol. The molecule has 0 bridgehead atoms. The molecule has 2 rings (SSSR count). The second kappa shape index (κ2) is 7.04. The number of rotatable bonds is 4. The predicted molar refractivity (Wildman–Crippen MR) is 91.9 cm³/mol. The van der Waals surface area contributed by atoms with Crippen LogP contribution in [0.3, 0.4) is 0 Å². The lowest BCUT2D eigenvalue weighted by molar-refractivity contribution is -0.134. The fourth-order valence-corrected chi connectivity index (χ4v) is 4.67. The van der Waals surface area contributed by atoms with Crippen molar-refractivity contribution in [3.63, 3.8) is 0 Å². The Kier molecular flexibility index (Phi) is 5.50. The molecular weight excluding hydrogens is 310 g/mol. The molecule has 1 aromatic rings. The number of carbonyl (C=O) groups is 1. The number of carbonyl (C=O) groups excluding carboxylic acids is 1. The molecule has 4 nitrogen and oxygen atoms in total. The highest BCUT2D eigenvalue weighted by Gasteiger charge is 2.28. The normalized spacial score (nSPS) is 17.3. The van der Waals surface area contributed by atoms with Gasteiger partial charge in [-0.1, -0.05) is 39.0 Å². The zero-order valence-electron chi connectivity index (χ0n) is 14.3. The van der Waals surface area contributed by atoms with Crippen molar-refractivity contribution in [1.82, 2.24) is 4.90 Å². The summed E-state index contributed by atoms with van der Waals surface area (Å²) in [6, 6.07) is 8.62. The number of likely N-dealkylation sites (tertiary alicyclic amines) is 1. The van der Waals surface area contributed by atoms with Crippen molar-refractivity contribution in [1.29, 1.82) is 0 Å². The molecule has 0 N–H and O–H groups in total. The summed E-state index contributed by atoms with van der Waals surface area (Å²) in [6.45, 7) is 7.52. The van der Waals surface area contributed by atoms with Gasteiger partial charge in [0.15, 0.2) is 9.84 Å². The van der Waals surface area contributed by atoms with Gasteiger partial charge < -0.3 is 4.90 Å². The summed E-state index contributed by atoms with van der Waals surface area (Å²) in [6.07, 6.45) is 2.07. The molecule has 0 aliphatic carbocycles. The van der Waals surface area contributed by atoms with E-state index in [0.717, 1.165) is 12.8 Å². The number of nitrogens with zero attached hydrogens (tertiary/aromatic N) is 1. The third-order valence-electron chi connectivity index (χ3n) is 4.21. The first-order valence-electron chi connectivity index (χ1n) is 8.23. The molecule has 0 unspecified atom stereocenters. The van der Waals surface area contributed by atoms with Crippen molar-refractivity contribution < 1.29 is 13.2 Å². The van der Waals surface area contributed by atoms with Gasteiger partial charge in [0.1, 0.15) is 0 Å². The van der Waals surface area contributed by atoms with E-state index < -0.39 is 9.84 Å². The molecule has 128 valence electrons. The summed E-state index contributed by atoms with van der Waals surface area (Å²) in [4.78, 5) is 14.5. The first-order valence-corrected chi connectivity index (χ1v) is 9.88. The number of benzene rings is 1. The smallest absolute Gasteiger partial charge is 0.223 e. The van der Waals surface area contributed by atoms with Gasteiger partial charge in [0.25, 0.3) is 0 Å². The standard InChI is InChI=1S/C18H27NO3S/c1-18(2,3)13-17(20)19-11-9-15(10-12-19)14-23(21,22)16-7-5-4-6-8-16/h4-8,15H,9-14H2,1-3H3. The Morgan fingerprint density at radius 1 is 1.13 bits per heavy atom. The summed E-state index contributed by atoms with van der Waals surface area (Å²) in [5, 5.41) is 0. The van der Waals surface area contributed by atoms with E-state index in [2.05, 4.69) is 20.8 Å². The third kappa shape index (κ3) is 5.34. The van der Waals surface area contributed by atoms with E-state index in [1.807, 2.05) is 11.0 Å². The maximum atomic E-state index is 12.4. The van der Waals surface area contributed by atoms with E-state index in [0.29, 0.717) is 24.4 Å². The summed E-state index contributed by atoms with van der Waals surface area (Å²) in [5.74, 6) is 0.499. The van der Waals surface area contributed by atoms with Gasteiger partial charge in [-0.15, -0.1) is 0 Å². The zero-order chi connectivity index (χ0) is 17.1. The lowest BCUT2D eigenvalue weighted by atomic mass is 9.90. The van der Waals surface area contributed by atoms with Gasteiger partial charge in [-0.2, -0.15) is 0 Å². The van der Waals surface area contributed by atoms with E-state index in [9.17, 15) is 13.2 Å². The van der Waals surface area contributed by atoms with Crippen molar-refractivity contribution >= 4 is 15.7 Å². The van der Waals surface area contributed by atoms with Crippen LogP contribution in [-0.4, -0.2) is 38.1 Å². The van der Waals surface area contributed by atoms with E-state index >= 15 is 0 Å². The minimum absolute atomic E-state index is 0.00934. The molecule has 0 spiro atoms. The van der Waals surface area contributed by atoms with Crippen molar-refractivity contribution in [3.05, 3.63) is 30.3 Å². The molecule has 0 saturated carbocycles. The highest BCUT2D eigenvalue weighted by Crippen LogP contribution is 2.25. The van der Waals surface area contributed by atoms with E-state index in [1.165, 1.54) is 0 Å². The Labute approximate surface area is 139 Å². The Hall–Kier alpha value is -1.36. The van der Waals surface area contributed by atoms with E-state index in [-0.39, 0.29) is 23.0 Å². The van der Waals surface area contributed by atoms with Crippen LogP contribution in [0.1, 0.15) is 40.0 Å². The summed E-state index contributed by atoms with van der Waals surface area (Å²) in [5.41, 5.74) is -0.00934. The molecule has 1 aliphatic heterocycles. The van der Waals surface area contributed by atoms with Crippen molar-refractivity contribution in [2.45, 2.75) is 44.9 Å². The molecule has 5 heteroatoms. The van der Waals surface area contributed by atoms with Crippen molar-refractivity contribution in [3.8, 4) is 0 Å². The van der Waals surface area contributed by atoms with Gasteiger partial charge in [-0.3, -0.25) is 4.79 Å². The second-order valence-corrected chi connectivity index (χ2v) is 9.69. The van der Waals surface area contributed by atoms with E-state index in [1.54, 1.807) is 24.3 Å². The zero-order valence-corrected chi connectivity index (χ0v) is 15.1. The van der Waals surface area contributed by atoms with Crippen LogP contribution in [0.2, 0.25) is 0 Å². The summed E-state index contributed by atoms with van der Waals surface area (Å²) >= 11 is 0. The van der Waals surface area contributed by atoms with Crippen LogP contribution in [0.15, 0.2) is 35.2 Å². The Morgan fingerprint density at radius 2 is 1.70 bits per heavy atom. The van der Waals surface area contributed by atoms with Gasteiger partial charge in [0, 0.05) is 19.5 Å². The van der Waals surface area contributed by atoms with Crippen LogP contribution in [0.25, 0.3) is 0 Å². The molecular formula is C18H27NO3S. The maximum Gasteiger partial charge on any atom is 0.223 e. The van der Waals surface area contributed by atoms with Crippen LogP contribution in [0, 0.1) is 11.3 Å². The first-order chi connectivity index (χ1) is 10.7. The topological polar surface area (TPSA) is 54.5 Å². The Bertz CT molecular complexity index is 624. The molecule has 1 aromatic carbocycles. The molecule has 1 heterocycles. The fourth-order valence-electron chi connectivity index (χ4n) is 2.95. The van der Waals surface area contributed by atoms with Crippen molar-refractivity contribution in [2.24, 2.45) is 11.3 Å². The molecule has 1 aliphatic rings. The predicted octanol–water partition coefficient (Wildman–Crippen LogP) is 3.14. The number of amides is 1. The summed E-state index contributed by atoms with van der Waals surface area (Å²) < 4.78 is 24.8. The van der Waals surface area contributed by atoms with Crippen LogP contribution in [0.4, 0.5) is 0 Å². The molecule has 0 aromatic heterocycles. The number of hydrogen-bond acceptors (Lipinski definition) is 3. The average Bonchev–Trinajstić information content (AvgIpc) is 2.47. The maximum absolute atomic E-state index is 12.4. The monoisotopic (exact) mass is 337 g/mol. The van der Waals surface area contributed by atoms with Gasteiger partial charge in [-0.05, 0) is 36.3 Å². The van der Waals surface area contributed by atoms with Gasteiger partial charge in [-0.25, -0.2) is 8.42 Å². The molecule has 0 atom stereocenters. The molecule has 23 heavy (non-hydrogen) atoms. The molecule has 1 amide bonds. The highest BCUT2D eigenvalue weighted by atomic mass is 32.2. The van der Waals surface area contributed by atoms with E-state index in [4.69, 9.17) is 0 Å². The van der Waals surface area contributed by atoms with Gasteiger partial charge in [0.2, 0.25) is 5.91 Å². The highest BCUT2D eigenvalue weighted by molar-refractivity contribution is 7.91. The van der Waals surface area contributed by atoms with Crippen LogP contribution in [0.5, 0.6) is 0 Å². The summed E-state index contributed by atoms with van der Waals surface area (Å²) in [7, 11) is -3.23. The van der Waals surface area contributed by atoms with Crippen LogP contribution < -0.4 is 0 Å². The first kappa shape index (κ1) is 18.0. The fraction of sp³-hybridized carbons (Fsp3) is 0.611. The van der Waals surface area contributed by atoms with Crippen LogP contribution >= 0.6 is 0 Å². The largest absolute Gasteiger partial charge is 0.343 e. The van der Waals surface area contributed by atoms with Gasteiger partial charge >= 0.3 is 0 Å². The second-order valence-electron chi connectivity index (χ2n) is 7.66. The lowest BCUT2D eigenvalue weighted by Crippen LogP contribution is -2.41. The number of sulfone groups is 1. The Morgan fingerprint density at radius 3 is 2.22 bits per heavy atom. The molecule has 1 saturated heterocycles. The quantitative estimate of drug-likeness (QED) is 0.848. The third-order valence-corrected chi connectivity index (χ3v) is 6.11. The van der Waals surface area contributed by atoms with Crippen LogP contribution in [-0.2, 0) is 14.6 Å². The number of piperidine rings is 1. The Balaban J connectivity index is 1.89. The van der Waals surface area contributed by atoms with Gasteiger partial charge in [0.05, 0.1) is 10.6 Å². The molecule has 1 fully saturated rings. The lowest BCUT2D eigenvalue weighted by Gasteiger charge is -2.33. The minimum atomic E-state index is -3.23. The minimum Gasteiger partial charge on any atom is -0.343 e. The SMILES string of the molecule is CC(C)(C)CC(=O)N1CCC(CS(=O)(=O)c2ccccc2)CC1.